The van der Waals surface area contributed by atoms with E-state index in [1.165, 1.54) is 11.8 Å². The third kappa shape index (κ3) is 6.36. The molecular formula is C44H54FN5O3SSi. The predicted octanol–water partition coefficient (Wildman–Crippen LogP) is 10.4. The van der Waals surface area contributed by atoms with Crippen LogP contribution in [0.1, 0.15) is 93.6 Å². The molecule has 0 radical (unpaired) electrons. The number of rotatable bonds is 6. The molecule has 4 aromatic rings. The van der Waals surface area contributed by atoms with Crippen LogP contribution >= 0.6 is 11.8 Å². The molecule has 1 aliphatic carbocycles. The van der Waals surface area contributed by atoms with Crippen LogP contribution in [0.5, 0.6) is 5.88 Å². The minimum absolute atomic E-state index is 0.0589. The lowest BCUT2D eigenvalue weighted by Gasteiger charge is -2.48. The van der Waals surface area contributed by atoms with Gasteiger partial charge in [0.25, 0.3) is 0 Å². The van der Waals surface area contributed by atoms with Gasteiger partial charge in [0, 0.05) is 23.1 Å². The molecule has 3 fully saturated rings. The van der Waals surface area contributed by atoms with E-state index < -0.39 is 19.5 Å². The van der Waals surface area contributed by atoms with Crippen LogP contribution in [0.2, 0.25) is 16.6 Å². The average Bonchev–Trinajstić information content (AvgIpc) is 3.93. The van der Waals surface area contributed by atoms with Crippen LogP contribution in [-0.4, -0.2) is 76.7 Å². The van der Waals surface area contributed by atoms with Gasteiger partial charge in [0.15, 0.2) is 11.0 Å². The fourth-order valence-corrected chi connectivity index (χ4v) is 15.7. The van der Waals surface area contributed by atoms with E-state index in [1.54, 1.807) is 0 Å². The molecule has 4 aliphatic rings. The molecule has 1 saturated carbocycles. The molecule has 2 aromatic heterocycles. The molecule has 290 valence electrons. The van der Waals surface area contributed by atoms with Gasteiger partial charge in [-0.15, -0.1) is 5.54 Å². The molecule has 55 heavy (non-hydrogen) atoms. The molecule has 11 heteroatoms. The fourth-order valence-electron chi connectivity index (χ4n) is 10.1. The van der Waals surface area contributed by atoms with Crippen molar-refractivity contribution in [3.63, 3.8) is 0 Å². The number of pyridine rings is 1. The van der Waals surface area contributed by atoms with Gasteiger partial charge < -0.3 is 14.4 Å². The molecule has 4 atom stereocenters. The number of anilines is 1. The number of carbonyl (C=O) groups is 1. The lowest BCUT2D eigenvalue weighted by atomic mass is 9.94. The van der Waals surface area contributed by atoms with Crippen LogP contribution < -0.4 is 9.64 Å². The van der Waals surface area contributed by atoms with E-state index >= 15 is 4.39 Å². The number of hydrogen-bond donors (Lipinski definition) is 0. The van der Waals surface area contributed by atoms with Gasteiger partial charge in [-0.2, -0.15) is 0 Å². The molecule has 5 heterocycles. The molecular weight excluding hydrogens is 726 g/mol. The maximum atomic E-state index is 17.5. The minimum atomic E-state index is -2.06. The zero-order chi connectivity index (χ0) is 39.1. The summed E-state index contributed by atoms with van der Waals surface area (Å²) in [4.78, 5) is 33.1. The Morgan fingerprint density at radius 1 is 0.964 bits per heavy atom. The van der Waals surface area contributed by atoms with E-state index in [0.717, 1.165) is 42.0 Å². The van der Waals surface area contributed by atoms with Gasteiger partial charge in [0.1, 0.15) is 42.2 Å². The number of piperazine rings is 1. The third-order valence-electron chi connectivity index (χ3n) is 12.6. The highest BCUT2D eigenvalue weighted by Gasteiger charge is 2.57. The number of carbonyl (C=O) groups excluding carboxylic acids is 1. The zero-order valence-corrected chi connectivity index (χ0v) is 35.7. The Hall–Kier alpha value is -3.88. The number of benzene rings is 2. The Morgan fingerprint density at radius 2 is 1.65 bits per heavy atom. The summed E-state index contributed by atoms with van der Waals surface area (Å²) in [7, 11) is -2.06. The normalized spacial score (nSPS) is 22.2. The Labute approximate surface area is 330 Å². The van der Waals surface area contributed by atoms with Crippen LogP contribution in [0.4, 0.5) is 15.0 Å². The Balaban J connectivity index is 1.32. The Morgan fingerprint density at radius 3 is 2.29 bits per heavy atom. The van der Waals surface area contributed by atoms with Crippen molar-refractivity contribution in [2.24, 2.45) is 5.92 Å². The van der Waals surface area contributed by atoms with Gasteiger partial charge in [-0.3, -0.25) is 4.90 Å². The molecule has 1 amide bonds. The highest BCUT2D eigenvalue weighted by molar-refractivity contribution is 7.98. The zero-order valence-electron chi connectivity index (χ0n) is 33.9. The minimum Gasteiger partial charge on any atom is -0.471 e. The van der Waals surface area contributed by atoms with Crippen molar-refractivity contribution in [3.05, 3.63) is 47.8 Å². The quantitative estimate of drug-likeness (QED) is 0.0828. The molecule has 8 rings (SSSR count). The van der Waals surface area contributed by atoms with Crippen molar-refractivity contribution in [1.82, 2.24) is 19.9 Å². The lowest BCUT2D eigenvalue weighted by Crippen LogP contribution is -2.66. The first-order valence-electron chi connectivity index (χ1n) is 20.1. The molecule has 2 saturated heterocycles. The van der Waals surface area contributed by atoms with Crippen molar-refractivity contribution in [2.45, 2.75) is 140 Å². The van der Waals surface area contributed by atoms with Crippen LogP contribution in [-0.2, 0) is 4.74 Å². The van der Waals surface area contributed by atoms with Crippen molar-refractivity contribution >= 4 is 53.4 Å². The molecule has 2 bridgehead atoms. The van der Waals surface area contributed by atoms with Crippen molar-refractivity contribution in [2.75, 3.05) is 17.7 Å². The molecule has 8 nitrogen and oxygen atoms in total. The van der Waals surface area contributed by atoms with E-state index in [9.17, 15) is 4.79 Å². The second-order valence-electron chi connectivity index (χ2n) is 17.9. The van der Waals surface area contributed by atoms with Gasteiger partial charge in [-0.1, -0.05) is 89.6 Å². The second-order valence-corrected chi connectivity index (χ2v) is 24.3. The smallest absolute Gasteiger partial charge is 0.410 e. The number of ether oxygens (including phenoxy) is 2. The van der Waals surface area contributed by atoms with Gasteiger partial charge >= 0.3 is 6.09 Å². The van der Waals surface area contributed by atoms with Gasteiger partial charge in [0.2, 0.25) is 5.88 Å². The van der Waals surface area contributed by atoms with E-state index in [4.69, 9.17) is 24.4 Å². The first-order chi connectivity index (χ1) is 26.1. The monoisotopic (exact) mass is 779 g/mol. The van der Waals surface area contributed by atoms with E-state index in [1.807, 2.05) is 50.1 Å². The predicted molar refractivity (Wildman–Crippen MR) is 223 cm³/mol. The number of fused-ring (bicyclic) bond motifs is 6. The number of thioether (sulfide) groups is 1. The van der Waals surface area contributed by atoms with E-state index in [2.05, 4.69) is 76.1 Å². The maximum absolute atomic E-state index is 17.5. The van der Waals surface area contributed by atoms with Crippen molar-refractivity contribution < 1.29 is 18.7 Å². The third-order valence-corrected chi connectivity index (χ3v) is 19.4. The van der Waals surface area contributed by atoms with Crippen LogP contribution in [0, 0.1) is 23.2 Å². The number of halogens is 1. The number of amides is 1. The highest BCUT2D eigenvalue weighted by atomic mass is 32.2. The SMILES string of the molecule is CSc1nc2c3c(nc(-c4cccc5cccc(C#C[Si](C(C)C)(C(C)C)C(C)C)c45)c(F)c3n1)OC(C1CC1)[C@@H]1[C@@H]3CC[C@H](CN21)N3C(=O)OC(C)(C)C. The fraction of sp³-hybridized carbons (Fsp3) is 0.545. The van der Waals surface area contributed by atoms with E-state index in [-0.39, 0.29) is 47.5 Å². The highest BCUT2D eigenvalue weighted by Crippen LogP contribution is 2.51. The largest absolute Gasteiger partial charge is 0.471 e. The Kier molecular flexibility index (Phi) is 9.64. The second kappa shape index (κ2) is 13.9. The number of hydrogen-bond acceptors (Lipinski definition) is 8. The van der Waals surface area contributed by atoms with Crippen LogP contribution in [0.25, 0.3) is 32.9 Å². The van der Waals surface area contributed by atoms with E-state index in [0.29, 0.717) is 51.0 Å². The first-order valence-corrected chi connectivity index (χ1v) is 23.5. The summed E-state index contributed by atoms with van der Waals surface area (Å²) in [5, 5.41) is 2.84. The maximum Gasteiger partial charge on any atom is 0.410 e. The summed E-state index contributed by atoms with van der Waals surface area (Å²) >= 11 is 1.39. The first kappa shape index (κ1) is 38.0. The number of nitrogens with zero attached hydrogens (tertiary/aromatic N) is 5. The van der Waals surface area contributed by atoms with Gasteiger partial charge in [-0.05, 0) is 86.7 Å². The summed E-state index contributed by atoms with van der Waals surface area (Å²) in [5.74, 6) is 4.45. The summed E-state index contributed by atoms with van der Waals surface area (Å²) in [6, 6.07) is 11.7. The summed E-state index contributed by atoms with van der Waals surface area (Å²) in [5.41, 5.74) is 6.67. The molecule has 3 aliphatic heterocycles. The lowest BCUT2D eigenvalue weighted by molar-refractivity contribution is -0.00210. The van der Waals surface area contributed by atoms with Crippen LogP contribution in [0.15, 0.2) is 41.6 Å². The molecule has 2 aromatic carbocycles. The van der Waals surface area contributed by atoms with Gasteiger partial charge in [-0.25, -0.2) is 24.1 Å². The average molecular weight is 780 g/mol. The molecule has 1 unspecified atom stereocenters. The number of aromatic nitrogens is 3. The summed E-state index contributed by atoms with van der Waals surface area (Å²) in [6.45, 7) is 20.2. The molecule has 0 N–H and O–H groups in total. The van der Waals surface area contributed by atoms with Crippen LogP contribution in [0.3, 0.4) is 0 Å². The van der Waals surface area contributed by atoms with Crippen molar-refractivity contribution in [1.29, 1.82) is 0 Å². The molecule has 0 spiro atoms. The standard InChI is InChI=1S/C44H54FN5O3SSi/c1-24(2)55(25(3)4,26(5)6)22-21-28-14-11-13-27-15-12-16-31(33(27)28)36-35(45)37-34-40(48-42(47-37)54-10)49-23-30-19-20-32(50(30)43(51)53-44(7,8)9)38(49)39(29-17-18-29)52-41(34)46-36/h11-16,24-26,29-30,32,38-39H,17-20,23H2,1-10H3/t30-,32+,38+,39?/m1/s1. The topological polar surface area (TPSA) is 80.7 Å². The Bertz CT molecular complexity index is 2220. The summed E-state index contributed by atoms with van der Waals surface area (Å²) < 4.78 is 30.6. The van der Waals surface area contributed by atoms with Gasteiger partial charge in [0.05, 0.1) is 18.1 Å². The van der Waals surface area contributed by atoms with Crippen molar-refractivity contribution in [3.8, 4) is 28.6 Å². The summed E-state index contributed by atoms with van der Waals surface area (Å²) in [6.07, 6.45) is 5.09.